The summed E-state index contributed by atoms with van der Waals surface area (Å²) in [4.78, 5) is 5.10. The fourth-order valence-corrected chi connectivity index (χ4v) is 1.52. The monoisotopic (exact) mass is 186 g/mol. The number of likely N-dealkylation sites (tertiary alicyclic amines) is 1. The van der Waals surface area contributed by atoms with Gasteiger partial charge in [-0.25, -0.2) is 0 Å². The molecule has 0 saturated carbocycles. The second-order valence-electron chi connectivity index (χ2n) is 3.08. The first-order valence-corrected chi connectivity index (χ1v) is 4.50. The molecule has 0 aromatic rings. The zero-order valence-electron chi connectivity index (χ0n) is 7.82. The Morgan fingerprint density at radius 2 is 1.71 bits per heavy atom. The molecule has 4 nitrogen and oxygen atoms in total. The van der Waals surface area contributed by atoms with Crippen LogP contribution in [0.2, 0.25) is 0 Å². The molecule has 0 radical (unpaired) electrons. The molecule has 0 atom stereocenters. The van der Waals surface area contributed by atoms with Gasteiger partial charge in [0.15, 0.2) is 5.57 Å². The molecule has 0 aromatic carbocycles. The maximum absolute atomic E-state index is 8.66. The third-order valence-corrected chi connectivity index (χ3v) is 2.21. The molecule has 1 rings (SSSR count). The van der Waals surface area contributed by atoms with Gasteiger partial charge in [-0.1, -0.05) is 6.57 Å². The number of rotatable bonds is 1. The van der Waals surface area contributed by atoms with Crippen molar-refractivity contribution in [3.05, 3.63) is 22.8 Å². The van der Waals surface area contributed by atoms with E-state index < -0.39 is 0 Å². The lowest BCUT2D eigenvalue weighted by Gasteiger charge is -2.24. The van der Waals surface area contributed by atoms with Gasteiger partial charge in [0.05, 0.1) is 13.1 Å². The molecule has 70 valence electrons. The van der Waals surface area contributed by atoms with Gasteiger partial charge in [0.1, 0.15) is 12.1 Å². The topological polar surface area (TPSA) is 55.2 Å². The van der Waals surface area contributed by atoms with E-state index in [2.05, 4.69) is 4.85 Å². The Hall–Kier alpha value is -1.99. The molecule has 14 heavy (non-hydrogen) atoms. The molecule has 0 aromatic heterocycles. The van der Waals surface area contributed by atoms with E-state index in [1.165, 1.54) is 0 Å². The molecular formula is C10H10N4. The standard InChI is InChI=1S/C10H10N4/c1-13-10(9(7-11)8-12)14-5-3-2-4-6-14/h2-6H2. The second-order valence-corrected chi connectivity index (χ2v) is 3.08. The van der Waals surface area contributed by atoms with Crippen molar-refractivity contribution in [1.29, 1.82) is 10.5 Å². The van der Waals surface area contributed by atoms with Crippen LogP contribution in [0, 0.1) is 29.2 Å². The minimum absolute atomic E-state index is 0.0677. The number of nitriles is 2. The van der Waals surface area contributed by atoms with Crippen LogP contribution in [0.15, 0.2) is 11.4 Å². The van der Waals surface area contributed by atoms with Gasteiger partial charge in [-0.3, -0.25) is 0 Å². The molecule has 0 aliphatic carbocycles. The fraction of sp³-hybridized carbons (Fsp3) is 0.500. The summed E-state index contributed by atoms with van der Waals surface area (Å²) in [6, 6.07) is 3.53. The average Bonchev–Trinajstić information content (AvgIpc) is 2.27. The van der Waals surface area contributed by atoms with Gasteiger partial charge >= 0.3 is 0 Å². The van der Waals surface area contributed by atoms with Crippen LogP contribution in [0.5, 0.6) is 0 Å². The van der Waals surface area contributed by atoms with Crippen LogP contribution >= 0.6 is 0 Å². The molecule has 1 heterocycles. The molecule has 0 spiro atoms. The third-order valence-electron chi connectivity index (χ3n) is 2.21. The van der Waals surface area contributed by atoms with Gasteiger partial charge in [0.25, 0.3) is 5.82 Å². The van der Waals surface area contributed by atoms with Gasteiger partial charge in [0.2, 0.25) is 0 Å². The summed E-state index contributed by atoms with van der Waals surface area (Å²) in [5.41, 5.74) is -0.0677. The zero-order valence-corrected chi connectivity index (χ0v) is 7.82. The maximum Gasteiger partial charge on any atom is 0.253 e. The molecule has 0 amide bonds. The van der Waals surface area contributed by atoms with E-state index in [1.54, 1.807) is 12.1 Å². The predicted molar refractivity (Wildman–Crippen MR) is 50.3 cm³/mol. The van der Waals surface area contributed by atoms with Crippen molar-refractivity contribution in [1.82, 2.24) is 4.90 Å². The molecule has 0 unspecified atom stereocenters. The Labute approximate surface area is 83.5 Å². The number of hydrogen-bond acceptors (Lipinski definition) is 3. The van der Waals surface area contributed by atoms with E-state index in [0.717, 1.165) is 32.4 Å². The summed E-state index contributed by atoms with van der Waals surface area (Å²) in [6.45, 7) is 8.52. The summed E-state index contributed by atoms with van der Waals surface area (Å²) < 4.78 is 0. The lowest BCUT2D eigenvalue weighted by molar-refractivity contribution is 0.291. The summed E-state index contributed by atoms with van der Waals surface area (Å²) in [7, 11) is 0. The van der Waals surface area contributed by atoms with Crippen molar-refractivity contribution < 1.29 is 0 Å². The minimum Gasteiger partial charge on any atom is -0.362 e. The molecule has 1 aliphatic rings. The molecule has 4 heteroatoms. The fourth-order valence-electron chi connectivity index (χ4n) is 1.52. The van der Waals surface area contributed by atoms with Gasteiger partial charge in [0, 0.05) is 0 Å². The molecule has 1 fully saturated rings. The van der Waals surface area contributed by atoms with E-state index in [4.69, 9.17) is 17.1 Å². The predicted octanol–water partition coefficient (Wildman–Crippen LogP) is 1.65. The summed E-state index contributed by atoms with van der Waals surface area (Å²) in [5.74, 6) is 0.217. The highest BCUT2D eigenvalue weighted by molar-refractivity contribution is 5.42. The average molecular weight is 186 g/mol. The minimum atomic E-state index is -0.0677. The van der Waals surface area contributed by atoms with Gasteiger partial charge in [-0.2, -0.15) is 10.5 Å². The Balaban J connectivity index is 2.93. The largest absolute Gasteiger partial charge is 0.362 e. The molecular weight excluding hydrogens is 176 g/mol. The van der Waals surface area contributed by atoms with Crippen molar-refractivity contribution in [3.63, 3.8) is 0 Å². The zero-order chi connectivity index (χ0) is 10.4. The second kappa shape index (κ2) is 4.90. The normalized spacial score (nSPS) is 14.8. The summed E-state index contributed by atoms with van der Waals surface area (Å²) in [5, 5.41) is 17.3. The van der Waals surface area contributed by atoms with Crippen LogP contribution in [-0.2, 0) is 0 Å². The van der Waals surface area contributed by atoms with Crippen molar-refractivity contribution in [3.8, 4) is 12.1 Å². The molecule has 0 bridgehead atoms. The van der Waals surface area contributed by atoms with E-state index >= 15 is 0 Å². The molecule has 1 saturated heterocycles. The smallest absolute Gasteiger partial charge is 0.253 e. The molecule has 1 aliphatic heterocycles. The quantitative estimate of drug-likeness (QED) is 0.462. The maximum atomic E-state index is 8.66. The first-order valence-electron chi connectivity index (χ1n) is 4.50. The highest BCUT2D eigenvalue weighted by Crippen LogP contribution is 2.18. The van der Waals surface area contributed by atoms with Gasteiger partial charge in [-0.15, -0.1) is 0 Å². The van der Waals surface area contributed by atoms with Gasteiger partial charge < -0.3 is 9.74 Å². The third kappa shape index (κ3) is 2.03. The van der Waals surface area contributed by atoms with E-state index in [9.17, 15) is 0 Å². The van der Waals surface area contributed by atoms with Crippen LogP contribution in [0.4, 0.5) is 0 Å². The van der Waals surface area contributed by atoms with Crippen LogP contribution < -0.4 is 0 Å². The number of nitrogens with zero attached hydrogens (tertiary/aromatic N) is 4. The van der Waals surface area contributed by atoms with Crippen LogP contribution in [0.3, 0.4) is 0 Å². The van der Waals surface area contributed by atoms with E-state index in [-0.39, 0.29) is 11.4 Å². The summed E-state index contributed by atoms with van der Waals surface area (Å²) >= 11 is 0. The van der Waals surface area contributed by atoms with Crippen LogP contribution in [0.1, 0.15) is 19.3 Å². The number of hydrogen-bond donors (Lipinski definition) is 0. The van der Waals surface area contributed by atoms with E-state index in [1.807, 2.05) is 4.90 Å². The first-order chi connectivity index (χ1) is 6.83. The van der Waals surface area contributed by atoms with Crippen molar-refractivity contribution in [2.75, 3.05) is 13.1 Å². The Morgan fingerprint density at radius 1 is 1.14 bits per heavy atom. The van der Waals surface area contributed by atoms with Crippen LogP contribution in [0.25, 0.3) is 4.85 Å². The Kier molecular flexibility index (Phi) is 3.53. The lowest BCUT2D eigenvalue weighted by Crippen LogP contribution is -2.28. The van der Waals surface area contributed by atoms with Crippen LogP contribution in [-0.4, -0.2) is 18.0 Å². The number of allylic oxidation sites excluding steroid dienone is 1. The number of piperidine rings is 1. The van der Waals surface area contributed by atoms with E-state index in [0.29, 0.717) is 0 Å². The Morgan fingerprint density at radius 3 is 2.14 bits per heavy atom. The van der Waals surface area contributed by atoms with Crippen molar-refractivity contribution in [2.45, 2.75) is 19.3 Å². The highest BCUT2D eigenvalue weighted by Gasteiger charge is 2.18. The van der Waals surface area contributed by atoms with Crippen molar-refractivity contribution in [2.24, 2.45) is 0 Å². The highest BCUT2D eigenvalue weighted by atomic mass is 15.2. The van der Waals surface area contributed by atoms with Gasteiger partial charge in [-0.05, 0) is 19.3 Å². The molecule has 0 N–H and O–H groups in total. The summed E-state index contributed by atoms with van der Waals surface area (Å²) in [6.07, 6.45) is 3.22. The SMILES string of the molecule is [C-]#[N+]C(=C(C#N)C#N)N1CCCCC1. The Bertz CT molecular complexity index is 339. The first kappa shape index (κ1) is 10.1. The van der Waals surface area contributed by atoms with Crippen molar-refractivity contribution >= 4 is 0 Å². The lowest BCUT2D eigenvalue weighted by atomic mass is 10.1.